The molecule has 1 amide bonds. The molecule has 4 nitrogen and oxygen atoms in total. The first kappa shape index (κ1) is 17.9. The molecule has 118 valence electrons. The molecule has 0 aromatic carbocycles. The Labute approximate surface area is 132 Å². The van der Waals surface area contributed by atoms with E-state index in [9.17, 15) is 4.79 Å². The van der Waals surface area contributed by atoms with Gasteiger partial charge >= 0.3 is 0 Å². The van der Waals surface area contributed by atoms with Gasteiger partial charge in [-0.2, -0.15) is 0 Å². The van der Waals surface area contributed by atoms with Crippen LogP contribution in [-0.2, 0) is 0 Å². The van der Waals surface area contributed by atoms with Gasteiger partial charge in [0.1, 0.15) is 11.5 Å². The van der Waals surface area contributed by atoms with E-state index in [2.05, 4.69) is 43.0 Å². The third-order valence-electron chi connectivity index (χ3n) is 3.71. The van der Waals surface area contributed by atoms with Gasteiger partial charge in [0.25, 0.3) is 5.91 Å². The molecule has 0 radical (unpaired) electrons. The third-order valence-corrected chi connectivity index (χ3v) is 3.98. The molecule has 0 saturated heterocycles. The van der Waals surface area contributed by atoms with Crippen molar-refractivity contribution in [2.24, 2.45) is 17.8 Å². The summed E-state index contributed by atoms with van der Waals surface area (Å²) in [4.78, 5) is 20.7. The highest BCUT2D eigenvalue weighted by Crippen LogP contribution is 2.20. The summed E-state index contributed by atoms with van der Waals surface area (Å²) in [5.41, 5.74) is 0.265. The minimum Gasteiger partial charge on any atom is -0.350 e. The Morgan fingerprint density at radius 2 is 1.76 bits per heavy atom. The van der Waals surface area contributed by atoms with Crippen LogP contribution in [0.2, 0.25) is 5.02 Å². The van der Waals surface area contributed by atoms with Gasteiger partial charge in [-0.05, 0) is 17.8 Å². The lowest BCUT2D eigenvalue weighted by Gasteiger charge is -2.25. The number of carbonyl (C=O) groups is 1. The van der Waals surface area contributed by atoms with Crippen LogP contribution >= 0.6 is 11.6 Å². The van der Waals surface area contributed by atoms with Crippen molar-refractivity contribution < 1.29 is 4.79 Å². The predicted octanol–water partition coefficient (Wildman–Crippen LogP) is 3.91. The summed E-state index contributed by atoms with van der Waals surface area (Å²) in [5, 5.41) is 3.25. The summed E-state index contributed by atoms with van der Waals surface area (Å²) in [6, 6.07) is 0. The second kappa shape index (κ2) is 7.74. The molecule has 1 heterocycles. The van der Waals surface area contributed by atoms with Gasteiger partial charge in [0, 0.05) is 12.5 Å². The third kappa shape index (κ3) is 4.95. The summed E-state index contributed by atoms with van der Waals surface area (Å²) in [7, 11) is 0. The molecule has 0 fully saturated rings. The van der Waals surface area contributed by atoms with E-state index in [0.29, 0.717) is 35.1 Å². The fraction of sp³-hybridized carbons (Fsp3) is 0.688. The molecule has 1 rings (SSSR count). The standard InChI is InChI=1S/C16H26ClN3O/c1-9(2)12(10(3)4)7-19-16(21)14-13(17)8-18-15(20-14)11(5)6/h8-12H,7H2,1-6H3,(H,19,21). The van der Waals surface area contributed by atoms with E-state index in [1.54, 1.807) is 0 Å². The van der Waals surface area contributed by atoms with E-state index in [4.69, 9.17) is 11.6 Å². The lowest BCUT2D eigenvalue weighted by molar-refractivity contribution is 0.0932. The Morgan fingerprint density at radius 3 is 2.24 bits per heavy atom. The summed E-state index contributed by atoms with van der Waals surface area (Å²) >= 11 is 6.05. The van der Waals surface area contributed by atoms with Gasteiger partial charge in [-0.1, -0.05) is 53.1 Å². The average Bonchev–Trinajstić information content (AvgIpc) is 2.37. The van der Waals surface area contributed by atoms with Gasteiger partial charge < -0.3 is 5.32 Å². The Bertz CT molecular complexity index is 478. The molecule has 5 heteroatoms. The van der Waals surface area contributed by atoms with Crippen molar-refractivity contribution in [3.05, 3.63) is 22.7 Å². The lowest BCUT2D eigenvalue weighted by atomic mass is 9.85. The molecular formula is C16H26ClN3O. The molecule has 21 heavy (non-hydrogen) atoms. The molecule has 1 N–H and O–H groups in total. The molecule has 0 bridgehead atoms. The Hall–Kier alpha value is -1.16. The van der Waals surface area contributed by atoms with Crippen molar-refractivity contribution in [3.63, 3.8) is 0 Å². The van der Waals surface area contributed by atoms with Crippen molar-refractivity contribution in [2.45, 2.75) is 47.5 Å². The Morgan fingerprint density at radius 1 is 1.19 bits per heavy atom. The minimum atomic E-state index is -0.226. The summed E-state index contributed by atoms with van der Waals surface area (Å²) < 4.78 is 0. The van der Waals surface area contributed by atoms with Crippen LogP contribution < -0.4 is 5.32 Å². The van der Waals surface area contributed by atoms with Crippen LogP contribution in [0.25, 0.3) is 0 Å². The van der Waals surface area contributed by atoms with Crippen LogP contribution in [0.15, 0.2) is 6.20 Å². The molecule has 0 aliphatic heterocycles. The number of nitrogens with one attached hydrogen (secondary N) is 1. The van der Waals surface area contributed by atoms with E-state index >= 15 is 0 Å². The van der Waals surface area contributed by atoms with E-state index in [0.717, 1.165) is 0 Å². The van der Waals surface area contributed by atoms with Crippen molar-refractivity contribution >= 4 is 17.5 Å². The second-order valence-corrected chi connectivity index (χ2v) is 6.85. The fourth-order valence-electron chi connectivity index (χ4n) is 2.35. The Balaban J connectivity index is 2.82. The zero-order chi connectivity index (χ0) is 16.2. The van der Waals surface area contributed by atoms with Crippen LogP contribution in [0.1, 0.15) is 63.8 Å². The SMILES string of the molecule is CC(C)c1ncc(Cl)c(C(=O)NCC(C(C)C)C(C)C)n1. The second-order valence-electron chi connectivity index (χ2n) is 6.44. The zero-order valence-corrected chi connectivity index (χ0v) is 14.5. The van der Waals surface area contributed by atoms with E-state index in [-0.39, 0.29) is 17.5 Å². The molecule has 0 saturated carbocycles. The van der Waals surface area contributed by atoms with Crippen molar-refractivity contribution in [1.29, 1.82) is 0 Å². The lowest BCUT2D eigenvalue weighted by Crippen LogP contribution is -2.34. The summed E-state index contributed by atoms with van der Waals surface area (Å²) in [5.74, 6) is 2.02. The smallest absolute Gasteiger partial charge is 0.271 e. The average molecular weight is 312 g/mol. The van der Waals surface area contributed by atoms with Crippen LogP contribution in [0.5, 0.6) is 0 Å². The minimum absolute atomic E-state index is 0.160. The maximum atomic E-state index is 12.3. The number of rotatable bonds is 6. The number of hydrogen-bond donors (Lipinski definition) is 1. The first-order valence-corrected chi connectivity index (χ1v) is 7.92. The number of halogens is 1. The molecule has 0 aliphatic carbocycles. The van der Waals surface area contributed by atoms with E-state index < -0.39 is 0 Å². The van der Waals surface area contributed by atoms with E-state index in [1.807, 2.05) is 13.8 Å². The first-order chi connectivity index (χ1) is 9.73. The van der Waals surface area contributed by atoms with Gasteiger partial charge in [-0.25, -0.2) is 9.97 Å². The van der Waals surface area contributed by atoms with E-state index in [1.165, 1.54) is 6.20 Å². The van der Waals surface area contributed by atoms with Gasteiger partial charge in [-0.15, -0.1) is 0 Å². The zero-order valence-electron chi connectivity index (χ0n) is 13.8. The fourth-order valence-corrected chi connectivity index (χ4v) is 2.53. The quantitative estimate of drug-likeness (QED) is 0.866. The maximum absolute atomic E-state index is 12.3. The van der Waals surface area contributed by atoms with Crippen LogP contribution in [0, 0.1) is 17.8 Å². The number of carbonyl (C=O) groups excluding carboxylic acids is 1. The predicted molar refractivity (Wildman–Crippen MR) is 86.6 cm³/mol. The highest BCUT2D eigenvalue weighted by atomic mass is 35.5. The number of aromatic nitrogens is 2. The summed E-state index contributed by atoms with van der Waals surface area (Å²) in [6.07, 6.45) is 1.50. The molecule has 0 atom stereocenters. The van der Waals surface area contributed by atoms with Gasteiger partial charge in [0.2, 0.25) is 0 Å². The Kier molecular flexibility index (Phi) is 6.59. The van der Waals surface area contributed by atoms with Crippen LogP contribution in [0.4, 0.5) is 0 Å². The molecule has 1 aromatic heterocycles. The number of amides is 1. The van der Waals surface area contributed by atoms with Crippen LogP contribution in [-0.4, -0.2) is 22.4 Å². The molecule has 0 spiro atoms. The van der Waals surface area contributed by atoms with Gasteiger partial charge in [0.05, 0.1) is 11.2 Å². The topological polar surface area (TPSA) is 54.9 Å². The highest BCUT2D eigenvalue weighted by molar-refractivity contribution is 6.33. The molecule has 0 aliphatic rings. The van der Waals surface area contributed by atoms with Crippen molar-refractivity contribution in [2.75, 3.05) is 6.54 Å². The maximum Gasteiger partial charge on any atom is 0.271 e. The normalized spacial score (nSPS) is 11.8. The monoisotopic (exact) mass is 311 g/mol. The van der Waals surface area contributed by atoms with Crippen LogP contribution in [0.3, 0.4) is 0 Å². The highest BCUT2D eigenvalue weighted by Gasteiger charge is 2.20. The molecule has 0 unspecified atom stereocenters. The number of hydrogen-bond acceptors (Lipinski definition) is 3. The van der Waals surface area contributed by atoms with Crippen molar-refractivity contribution in [1.82, 2.24) is 15.3 Å². The van der Waals surface area contributed by atoms with Gasteiger partial charge in [0.15, 0.2) is 0 Å². The van der Waals surface area contributed by atoms with Gasteiger partial charge in [-0.3, -0.25) is 4.79 Å². The molecule has 1 aromatic rings. The molecular weight excluding hydrogens is 286 g/mol. The first-order valence-electron chi connectivity index (χ1n) is 7.54. The number of nitrogens with zero attached hydrogens (tertiary/aromatic N) is 2. The largest absolute Gasteiger partial charge is 0.350 e. The summed E-state index contributed by atoms with van der Waals surface area (Å²) in [6.45, 7) is 13.3. The van der Waals surface area contributed by atoms with Crippen molar-refractivity contribution in [3.8, 4) is 0 Å².